The normalized spacial score (nSPS) is 9.09. The number of anilines is 3. The van der Waals surface area contributed by atoms with Crippen LogP contribution in [-0.4, -0.2) is 15.4 Å². The average Bonchev–Trinajstić information content (AvgIpc) is 2.99. The minimum absolute atomic E-state index is 0. The van der Waals surface area contributed by atoms with Crippen LogP contribution >= 0.6 is 113 Å². The molecule has 0 unspecified atom stereocenters. The first-order valence-corrected chi connectivity index (χ1v) is 15.0. The van der Waals surface area contributed by atoms with Crippen molar-refractivity contribution in [2.24, 2.45) is 0 Å². The average molecular weight is 881 g/mol. The summed E-state index contributed by atoms with van der Waals surface area (Å²) in [6.07, 6.45) is 3.24. The van der Waals surface area contributed by atoms with Gasteiger partial charge < -0.3 is 16.5 Å². The van der Waals surface area contributed by atoms with Crippen LogP contribution in [0.1, 0.15) is 22.3 Å². The van der Waals surface area contributed by atoms with E-state index in [0.717, 1.165) is 8.95 Å². The Hall–Kier alpha value is -1.75. The molecule has 19 heteroatoms. The zero-order chi connectivity index (χ0) is 32.4. The van der Waals surface area contributed by atoms with Crippen LogP contribution in [0.3, 0.4) is 0 Å². The van der Waals surface area contributed by atoms with Gasteiger partial charge in [-0.25, -0.2) is 9.97 Å². The van der Waals surface area contributed by atoms with Crippen molar-refractivity contribution >= 4 is 130 Å². The number of hydrogen-bond acceptors (Lipinski definition) is 9. The summed E-state index contributed by atoms with van der Waals surface area (Å²) in [5.74, 6) is 0.993. The van der Waals surface area contributed by atoms with E-state index in [-0.39, 0.29) is 98.1 Å². The zero-order valence-corrected chi connectivity index (χ0v) is 32.5. The van der Waals surface area contributed by atoms with E-state index in [9.17, 15) is 5.26 Å². The van der Waals surface area contributed by atoms with Crippen molar-refractivity contribution in [2.45, 2.75) is 0 Å². The number of nitriles is 4. The van der Waals surface area contributed by atoms with Gasteiger partial charge in [0.15, 0.2) is 0 Å². The molecule has 0 saturated heterocycles. The molecule has 0 fully saturated rings. The van der Waals surface area contributed by atoms with Gasteiger partial charge in [-0.15, -0.1) is 0 Å². The maximum Gasteiger partial charge on any atom is 1.00 e. The number of benzene rings is 2. The molecule has 0 amide bonds. The number of halogens is 9. The van der Waals surface area contributed by atoms with Crippen LogP contribution in [0.25, 0.3) is 0 Å². The second-order valence-corrected chi connectivity index (χ2v) is 11.9. The molecule has 0 spiro atoms. The first kappa shape index (κ1) is 43.2. The number of nitrogens with zero attached hydrogens (tertiary/aromatic N) is 6. The second-order valence-electron chi connectivity index (χ2n) is 7.41. The molecule has 9 nitrogen and oxygen atoms in total. The van der Waals surface area contributed by atoms with E-state index in [1.54, 1.807) is 42.7 Å². The SMILES string of the molecule is N#Cc1c(Cl)c(Cl)c(C#N)c(Cl)c1Cl.N#Cc1c(Cl)c(Cl)c(C#N)c(Nc2ccc(Br)cn2)c1Cl.Nc1ccc(Br)cn1.[Na+].[OH-]. The van der Waals surface area contributed by atoms with Crippen LogP contribution < -0.4 is 40.6 Å². The maximum absolute atomic E-state index is 9.23. The molecule has 0 atom stereocenters. The first-order chi connectivity index (χ1) is 20.3. The van der Waals surface area contributed by atoms with Gasteiger partial charge in [-0.2, -0.15) is 21.0 Å². The summed E-state index contributed by atoms with van der Waals surface area (Å²) < 4.78 is 1.75. The topological polar surface area (TPSA) is 189 Å². The fourth-order valence-corrected chi connectivity index (χ4v) is 5.05. The monoisotopic (exact) mass is 876 g/mol. The van der Waals surface area contributed by atoms with E-state index in [1.165, 1.54) is 0 Å². The molecule has 4 N–H and O–H groups in total. The van der Waals surface area contributed by atoms with Gasteiger partial charge in [0.2, 0.25) is 0 Å². The Balaban J connectivity index is 0.000000697. The molecular weight excluding hydrogens is 871 g/mol. The minimum atomic E-state index is -0.0554. The van der Waals surface area contributed by atoms with Crippen molar-refractivity contribution in [3.63, 3.8) is 0 Å². The Bertz CT molecular complexity index is 1760. The second kappa shape index (κ2) is 20.5. The number of rotatable bonds is 2. The summed E-state index contributed by atoms with van der Waals surface area (Å²) in [4.78, 5) is 7.92. The van der Waals surface area contributed by atoms with Gasteiger partial charge in [-0.1, -0.05) is 81.2 Å². The fraction of sp³-hybridized carbons (Fsp3) is 0. The molecule has 0 saturated carbocycles. The predicted octanol–water partition coefficient (Wildman–Crippen LogP) is 7.59. The summed E-state index contributed by atoms with van der Waals surface area (Å²) >= 11 is 47.4. The molecule has 0 aliphatic heterocycles. The van der Waals surface area contributed by atoms with Crippen molar-refractivity contribution in [2.75, 3.05) is 11.1 Å². The summed E-state index contributed by atoms with van der Waals surface area (Å²) in [6.45, 7) is 0. The van der Waals surface area contributed by atoms with Crippen LogP contribution in [0.4, 0.5) is 17.3 Å². The number of nitrogen functional groups attached to an aromatic ring is 1. The molecule has 224 valence electrons. The van der Waals surface area contributed by atoms with Crippen LogP contribution in [0.2, 0.25) is 35.2 Å². The van der Waals surface area contributed by atoms with Crippen molar-refractivity contribution in [1.29, 1.82) is 21.0 Å². The molecule has 0 aliphatic rings. The van der Waals surface area contributed by atoms with Gasteiger partial charge in [0, 0.05) is 21.3 Å². The van der Waals surface area contributed by atoms with Gasteiger partial charge in [-0.05, 0) is 56.1 Å². The van der Waals surface area contributed by atoms with E-state index in [2.05, 4.69) is 47.1 Å². The van der Waals surface area contributed by atoms with Crippen molar-refractivity contribution in [3.8, 4) is 24.3 Å². The molecule has 45 heavy (non-hydrogen) atoms. The first-order valence-electron chi connectivity index (χ1n) is 10.7. The van der Waals surface area contributed by atoms with Crippen molar-refractivity contribution in [1.82, 2.24) is 9.97 Å². The quantitative estimate of drug-likeness (QED) is 0.151. The van der Waals surface area contributed by atoms with Crippen LogP contribution in [0.15, 0.2) is 45.6 Å². The zero-order valence-electron chi connectivity index (χ0n) is 22.1. The number of nitrogens with one attached hydrogen (secondary N) is 1. The fourth-order valence-electron chi connectivity index (χ4n) is 2.77. The van der Waals surface area contributed by atoms with E-state index < -0.39 is 0 Å². The Labute approximate surface area is 331 Å². The van der Waals surface area contributed by atoms with Gasteiger partial charge in [0.25, 0.3) is 0 Å². The summed E-state index contributed by atoms with van der Waals surface area (Å²) in [5, 5.41) is 38.3. The van der Waals surface area contributed by atoms with Gasteiger partial charge in [-0.3, -0.25) is 0 Å². The van der Waals surface area contributed by atoms with Crippen molar-refractivity contribution < 1.29 is 35.0 Å². The minimum Gasteiger partial charge on any atom is -0.870 e. The molecule has 2 heterocycles. The molecule has 2 aromatic heterocycles. The number of nitrogens with two attached hydrogens (primary N) is 1. The van der Waals surface area contributed by atoms with Gasteiger partial charge >= 0.3 is 29.6 Å². The molecule has 2 aromatic carbocycles. The van der Waals surface area contributed by atoms with Crippen molar-refractivity contribution in [3.05, 3.63) is 103 Å². The summed E-state index contributed by atoms with van der Waals surface area (Å²) in [5.41, 5.74) is 5.49. The van der Waals surface area contributed by atoms with E-state index >= 15 is 0 Å². The third kappa shape index (κ3) is 11.2. The van der Waals surface area contributed by atoms with Gasteiger partial charge in [0.05, 0.1) is 63.1 Å². The predicted molar refractivity (Wildman–Crippen MR) is 180 cm³/mol. The molecule has 0 radical (unpaired) electrons. The van der Waals surface area contributed by atoms with Crippen LogP contribution in [-0.2, 0) is 0 Å². The van der Waals surface area contributed by atoms with Gasteiger partial charge in [0.1, 0.15) is 35.9 Å². The molecule has 4 aromatic rings. The van der Waals surface area contributed by atoms with E-state index in [1.807, 2.05) is 18.2 Å². The third-order valence-corrected chi connectivity index (χ3v) is 8.64. The third-order valence-electron chi connectivity index (χ3n) is 4.76. The molecule has 0 bridgehead atoms. The number of aromatic nitrogens is 2. The Kier molecular flexibility index (Phi) is 19.7. The number of hydrogen-bond donors (Lipinski definition) is 2. The largest absolute Gasteiger partial charge is 1.00 e. The smallest absolute Gasteiger partial charge is 0.870 e. The Morgan fingerprint density at radius 3 is 1.24 bits per heavy atom. The van der Waals surface area contributed by atoms with E-state index in [4.69, 9.17) is 103 Å². The summed E-state index contributed by atoms with van der Waals surface area (Å²) in [7, 11) is 0. The molecule has 0 aliphatic carbocycles. The van der Waals surface area contributed by atoms with Crippen LogP contribution in [0.5, 0.6) is 0 Å². The van der Waals surface area contributed by atoms with E-state index in [0.29, 0.717) is 11.6 Å². The Morgan fingerprint density at radius 1 is 0.578 bits per heavy atom. The van der Waals surface area contributed by atoms with Crippen LogP contribution in [0, 0.1) is 45.3 Å². The maximum atomic E-state index is 9.23. The molecule has 4 rings (SSSR count). The number of pyridine rings is 2. The Morgan fingerprint density at radius 2 is 0.933 bits per heavy atom. The molecular formula is C26H10Br2Cl7N8NaO. The standard InChI is InChI=1S/C13H4BrCl3N4.C8Cl4N2.C5H5BrN2.Na.H2O/c14-6-1-2-9(20-5-6)21-13-8(4-19)11(16)10(15)7(3-18)12(13)17;9-5-3(1-13)6(10)8(12)4(2-14)7(5)11;6-4-1-2-5(7)8-3-4;;/h1-2,5H,(H,20,21);;1-3H,(H2,7,8);;1H2/q;;;+1;/p-1. The summed E-state index contributed by atoms with van der Waals surface area (Å²) in [6, 6.07) is 14.3.